The second kappa shape index (κ2) is 11.6. The Hall–Kier alpha value is -2.48. The van der Waals surface area contributed by atoms with Crippen LogP contribution in [-0.4, -0.2) is 31.4 Å². The first-order valence-electron chi connectivity index (χ1n) is 10.3. The molecule has 1 aromatic rings. The van der Waals surface area contributed by atoms with Gasteiger partial charge in [-0.1, -0.05) is 24.3 Å². The van der Waals surface area contributed by atoms with Gasteiger partial charge in [-0.15, -0.1) is 0 Å². The van der Waals surface area contributed by atoms with Gasteiger partial charge in [0.05, 0.1) is 17.0 Å². The zero-order valence-corrected chi connectivity index (χ0v) is 21.2. The average Bonchev–Trinajstić information content (AvgIpc) is 2.66. The number of primary amides is 1. The summed E-state index contributed by atoms with van der Waals surface area (Å²) in [6.07, 6.45) is 1.14. The van der Waals surface area contributed by atoms with Crippen molar-refractivity contribution in [2.75, 3.05) is 13.6 Å². The summed E-state index contributed by atoms with van der Waals surface area (Å²) in [5.41, 5.74) is 5.68. The summed E-state index contributed by atoms with van der Waals surface area (Å²) >= 11 is 0. The van der Waals surface area contributed by atoms with Gasteiger partial charge in [-0.25, -0.2) is 0 Å². The van der Waals surface area contributed by atoms with Gasteiger partial charge < -0.3 is 15.2 Å². The van der Waals surface area contributed by atoms with E-state index in [2.05, 4.69) is 0 Å². The average molecular weight is 483 g/mol. The highest BCUT2D eigenvalue weighted by Gasteiger charge is 2.30. The van der Waals surface area contributed by atoms with Crippen molar-refractivity contribution >= 4 is 31.0 Å². The first-order chi connectivity index (χ1) is 15.0. The van der Waals surface area contributed by atoms with E-state index in [-0.39, 0.29) is 6.16 Å². The lowest BCUT2D eigenvalue weighted by Gasteiger charge is -2.22. The first-order valence-corrected chi connectivity index (χ1v) is 12.1. The molecule has 0 aromatic heterocycles. The summed E-state index contributed by atoms with van der Waals surface area (Å²) in [5.74, 6) is -1.62. The highest BCUT2D eigenvalue weighted by atomic mass is 31.2. The van der Waals surface area contributed by atoms with E-state index in [1.165, 1.54) is 6.08 Å². The molecule has 0 spiro atoms. The molecule has 0 heterocycles. The maximum absolute atomic E-state index is 13.3. The van der Waals surface area contributed by atoms with Crippen molar-refractivity contribution in [3.8, 4) is 0 Å². The SMILES string of the molecule is C/C(=C\C(N)=O)c1ccc(CP(=O)(OCOC(=O)C(C)(C)C)OCOC(=O)C(C)(C)C)cc1. The van der Waals surface area contributed by atoms with Gasteiger partial charge in [-0.3, -0.25) is 28.0 Å². The molecule has 1 amide bonds. The van der Waals surface area contributed by atoms with Crippen molar-refractivity contribution in [3.05, 3.63) is 41.5 Å². The molecule has 0 radical (unpaired) electrons. The van der Waals surface area contributed by atoms with Gasteiger partial charge in [0.15, 0.2) is 0 Å². The molecule has 0 saturated carbocycles. The quantitative estimate of drug-likeness (QED) is 0.224. The maximum atomic E-state index is 13.3. The Morgan fingerprint density at radius 2 is 1.30 bits per heavy atom. The third kappa shape index (κ3) is 10.3. The fraction of sp³-hybridized carbons (Fsp3) is 0.522. The minimum absolute atomic E-state index is 0.161. The molecule has 33 heavy (non-hydrogen) atoms. The Morgan fingerprint density at radius 3 is 1.67 bits per heavy atom. The monoisotopic (exact) mass is 483 g/mol. The lowest BCUT2D eigenvalue weighted by molar-refractivity contribution is -0.162. The van der Waals surface area contributed by atoms with Crippen molar-refractivity contribution < 1.29 is 37.5 Å². The van der Waals surface area contributed by atoms with E-state index in [9.17, 15) is 18.9 Å². The smallest absolute Gasteiger partial charge is 0.340 e. The standard InChI is InChI=1S/C23H34NO8P/c1-16(12-19(24)25)18-10-8-17(9-11-18)13-33(28,31-14-29-20(26)22(2,3)4)32-15-30-21(27)23(5,6)7/h8-12H,13-15H2,1-7H3,(H2,24,25)/b16-12+. The summed E-state index contributed by atoms with van der Waals surface area (Å²) in [7, 11) is -3.86. The van der Waals surface area contributed by atoms with Crippen molar-refractivity contribution in [2.24, 2.45) is 16.6 Å². The molecule has 1 rings (SSSR count). The number of amides is 1. The molecule has 184 valence electrons. The van der Waals surface area contributed by atoms with Gasteiger partial charge in [-0.05, 0) is 65.2 Å². The van der Waals surface area contributed by atoms with E-state index in [1.807, 2.05) is 0 Å². The van der Waals surface area contributed by atoms with Gasteiger partial charge >= 0.3 is 19.5 Å². The lowest BCUT2D eigenvalue weighted by atomic mass is 9.98. The number of allylic oxidation sites excluding steroid dienone is 1. The minimum atomic E-state index is -3.86. The molecule has 0 aliphatic heterocycles. The number of rotatable bonds is 10. The maximum Gasteiger partial charge on any atom is 0.340 e. The van der Waals surface area contributed by atoms with Gasteiger partial charge in [0.25, 0.3) is 0 Å². The van der Waals surface area contributed by atoms with Crippen LogP contribution in [0.5, 0.6) is 0 Å². The van der Waals surface area contributed by atoms with E-state index in [0.717, 1.165) is 5.56 Å². The van der Waals surface area contributed by atoms with Crippen LogP contribution < -0.4 is 5.73 Å². The molecular weight excluding hydrogens is 449 g/mol. The van der Waals surface area contributed by atoms with Crippen molar-refractivity contribution in [3.63, 3.8) is 0 Å². The van der Waals surface area contributed by atoms with Crippen LogP contribution in [0.4, 0.5) is 0 Å². The van der Waals surface area contributed by atoms with Gasteiger partial charge in [0, 0.05) is 6.08 Å². The van der Waals surface area contributed by atoms with Crippen LogP contribution in [0, 0.1) is 10.8 Å². The van der Waals surface area contributed by atoms with Crippen molar-refractivity contribution in [1.29, 1.82) is 0 Å². The van der Waals surface area contributed by atoms with Crippen LogP contribution in [0.3, 0.4) is 0 Å². The summed E-state index contributed by atoms with van der Waals surface area (Å²) in [5, 5.41) is 0. The number of ether oxygens (including phenoxy) is 2. The predicted molar refractivity (Wildman–Crippen MR) is 124 cm³/mol. The summed E-state index contributed by atoms with van der Waals surface area (Å²) < 4.78 is 34.0. The lowest BCUT2D eigenvalue weighted by Crippen LogP contribution is -2.24. The normalized spacial score (nSPS) is 12.9. The summed E-state index contributed by atoms with van der Waals surface area (Å²) in [6, 6.07) is 6.84. The Bertz CT molecular complexity index is 887. The number of carbonyl (C=O) groups excluding carboxylic acids is 3. The number of benzene rings is 1. The van der Waals surface area contributed by atoms with Crippen LogP contribution in [-0.2, 0) is 43.6 Å². The van der Waals surface area contributed by atoms with Gasteiger partial charge in [0.2, 0.25) is 19.5 Å². The second-order valence-electron chi connectivity index (χ2n) is 9.55. The van der Waals surface area contributed by atoms with Gasteiger partial charge in [-0.2, -0.15) is 0 Å². The molecule has 0 bridgehead atoms. The number of carbonyl (C=O) groups is 3. The molecule has 0 atom stereocenters. The van der Waals surface area contributed by atoms with E-state index in [1.54, 1.807) is 72.7 Å². The van der Waals surface area contributed by atoms with Crippen LogP contribution in [0.25, 0.3) is 5.57 Å². The number of nitrogens with two attached hydrogens (primary N) is 1. The van der Waals surface area contributed by atoms with Crippen molar-refractivity contribution in [1.82, 2.24) is 0 Å². The van der Waals surface area contributed by atoms with E-state index in [0.29, 0.717) is 11.1 Å². The second-order valence-corrected chi connectivity index (χ2v) is 11.6. The van der Waals surface area contributed by atoms with E-state index >= 15 is 0 Å². The first kappa shape index (κ1) is 28.6. The number of hydrogen-bond donors (Lipinski definition) is 1. The predicted octanol–water partition coefficient (Wildman–Crippen LogP) is 4.40. The molecule has 1 aromatic carbocycles. The molecule has 0 fully saturated rings. The third-order valence-electron chi connectivity index (χ3n) is 4.25. The zero-order chi connectivity index (χ0) is 25.4. The Kier molecular flexibility index (Phi) is 10.0. The molecule has 10 heteroatoms. The fourth-order valence-electron chi connectivity index (χ4n) is 2.28. The molecule has 0 aliphatic carbocycles. The minimum Gasteiger partial charge on any atom is -0.438 e. The summed E-state index contributed by atoms with van der Waals surface area (Å²) in [6.45, 7) is 10.6. The number of esters is 2. The van der Waals surface area contributed by atoms with Gasteiger partial charge in [0.1, 0.15) is 0 Å². The fourth-order valence-corrected chi connectivity index (χ4v) is 3.62. The van der Waals surface area contributed by atoms with E-state index in [4.69, 9.17) is 24.3 Å². The zero-order valence-electron chi connectivity index (χ0n) is 20.3. The molecule has 0 saturated heterocycles. The Labute approximate surface area is 195 Å². The molecule has 0 aliphatic rings. The highest BCUT2D eigenvalue weighted by Crippen LogP contribution is 2.51. The van der Waals surface area contributed by atoms with E-state index < -0.39 is 49.9 Å². The topological polar surface area (TPSA) is 131 Å². The van der Waals surface area contributed by atoms with Crippen LogP contribution in [0.15, 0.2) is 30.3 Å². The highest BCUT2D eigenvalue weighted by molar-refractivity contribution is 7.53. The van der Waals surface area contributed by atoms with Crippen LogP contribution >= 0.6 is 7.60 Å². The molecule has 2 N–H and O–H groups in total. The Morgan fingerprint density at radius 1 is 0.879 bits per heavy atom. The summed E-state index contributed by atoms with van der Waals surface area (Å²) in [4.78, 5) is 35.0. The molecule has 0 unspecified atom stereocenters. The largest absolute Gasteiger partial charge is 0.438 e. The molecule has 9 nitrogen and oxygen atoms in total. The number of hydrogen-bond acceptors (Lipinski definition) is 8. The van der Waals surface area contributed by atoms with Crippen molar-refractivity contribution in [2.45, 2.75) is 54.6 Å². The van der Waals surface area contributed by atoms with Crippen LogP contribution in [0.2, 0.25) is 0 Å². The Balaban J connectivity index is 2.94. The van der Waals surface area contributed by atoms with Crippen LogP contribution in [0.1, 0.15) is 59.6 Å². The third-order valence-corrected chi connectivity index (χ3v) is 6.00. The molecular formula is C23H34NO8P.